The number of non-ortho nitro benzene ring substituents is 1. The van der Waals surface area contributed by atoms with Gasteiger partial charge in [0, 0.05) is 35.6 Å². The number of aromatic nitrogens is 3. The van der Waals surface area contributed by atoms with Crippen LogP contribution in [0.3, 0.4) is 0 Å². The van der Waals surface area contributed by atoms with Crippen molar-refractivity contribution >= 4 is 34.7 Å². The third-order valence-corrected chi connectivity index (χ3v) is 5.76. The van der Waals surface area contributed by atoms with E-state index in [0.717, 1.165) is 5.56 Å². The van der Waals surface area contributed by atoms with Crippen LogP contribution in [0.1, 0.15) is 20.3 Å². The number of nitro groups is 1. The SMILES string of the molecule is CCC(Sc1nnc(-c2cccc(N)c2)n1CC)C(=O)Nc1cccc([N+](=O)[O-])c1. The van der Waals surface area contributed by atoms with Gasteiger partial charge in [-0.1, -0.05) is 36.9 Å². The Morgan fingerprint density at radius 3 is 2.67 bits per heavy atom. The Balaban J connectivity index is 1.79. The molecule has 1 heterocycles. The zero-order valence-corrected chi connectivity index (χ0v) is 17.4. The van der Waals surface area contributed by atoms with Crippen molar-refractivity contribution in [3.63, 3.8) is 0 Å². The van der Waals surface area contributed by atoms with Gasteiger partial charge < -0.3 is 15.6 Å². The highest BCUT2D eigenvalue weighted by molar-refractivity contribution is 8.00. The maximum atomic E-state index is 12.8. The lowest BCUT2D eigenvalue weighted by Gasteiger charge is -2.15. The second kappa shape index (κ2) is 9.40. The van der Waals surface area contributed by atoms with Crippen LogP contribution in [-0.4, -0.2) is 30.8 Å². The van der Waals surface area contributed by atoms with Crippen LogP contribution < -0.4 is 11.1 Å². The predicted octanol–water partition coefficient (Wildman–Crippen LogP) is 3.96. The number of rotatable bonds is 8. The number of nitrogens with two attached hydrogens (primary N) is 1. The lowest BCUT2D eigenvalue weighted by atomic mass is 10.2. The maximum absolute atomic E-state index is 12.8. The minimum absolute atomic E-state index is 0.0778. The molecule has 1 atom stereocenters. The number of nitro benzene ring substituents is 1. The average molecular weight is 427 g/mol. The number of benzene rings is 2. The second-order valence-corrected chi connectivity index (χ2v) is 7.66. The fourth-order valence-electron chi connectivity index (χ4n) is 2.92. The van der Waals surface area contributed by atoms with Crippen LogP contribution in [0, 0.1) is 10.1 Å². The molecule has 3 rings (SSSR count). The van der Waals surface area contributed by atoms with Gasteiger partial charge in [-0.05, 0) is 31.5 Å². The van der Waals surface area contributed by atoms with E-state index in [1.165, 1.54) is 30.0 Å². The van der Waals surface area contributed by atoms with E-state index in [9.17, 15) is 14.9 Å². The molecule has 0 saturated carbocycles. The Labute approximate surface area is 177 Å². The number of nitrogen functional groups attached to an aromatic ring is 1. The fourth-order valence-corrected chi connectivity index (χ4v) is 3.94. The molecule has 0 fully saturated rings. The highest BCUT2D eigenvalue weighted by Crippen LogP contribution is 2.29. The molecule has 10 heteroatoms. The summed E-state index contributed by atoms with van der Waals surface area (Å²) >= 11 is 1.31. The number of carbonyl (C=O) groups is 1. The molecular formula is C20H22N6O3S. The molecule has 1 aromatic heterocycles. The molecule has 1 amide bonds. The van der Waals surface area contributed by atoms with E-state index >= 15 is 0 Å². The van der Waals surface area contributed by atoms with Crippen LogP contribution >= 0.6 is 11.8 Å². The number of thioether (sulfide) groups is 1. The van der Waals surface area contributed by atoms with Gasteiger partial charge >= 0.3 is 0 Å². The van der Waals surface area contributed by atoms with Crippen LogP contribution in [0.15, 0.2) is 53.7 Å². The molecule has 0 radical (unpaired) electrons. The Bertz CT molecular complexity index is 1070. The van der Waals surface area contributed by atoms with Crippen molar-refractivity contribution < 1.29 is 9.72 Å². The van der Waals surface area contributed by atoms with Gasteiger partial charge in [0.1, 0.15) is 0 Å². The van der Waals surface area contributed by atoms with Crippen LogP contribution in [0.4, 0.5) is 17.1 Å². The molecule has 2 aromatic carbocycles. The van der Waals surface area contributed by atoms with E-state index in [1.54, 1.807) is 12.1 Å². The molecule has 0 aliphatic heterocycles. The van der Waals surface area contributed by atoms with E-state index in [0.29, 0.717) is 35.3 Å². The van der Waals surface area contributed by atoms with Gasteiger partial charge in [-0.2, -0.15) is 0 Å². The average Bonchev–Trinajstić information content (AvgIpc) is 3.14. The van der Waals surface area contributed by atoms with Gasteiger partial charge in [-0.3, -0.25) is 14.9 Å². The van der Waals surface area contributed by atoms with Crippen molar-refractivity contribution in [3.8, 4) is 11.4 Å². The number of anilines is 2. The minimum atomic E-state index is -0.497. The van der Waals surface area contributed by atoms with Crippen molar-refractivity contribution in [3.05, 3.63) is 58.6 Å². The first-order chi connectivity index (χ1) is 14.4. The van der Waals surface area contributed by atoms with Crippen LogP contribution in [0.2, 0.25) is 0 Å². The van der Waals surface area contributed by atoms with Crippen molar-refractivity contribution in [1.29, 1.82) is 0 Å². The van der Waals surface area contributed by atoms with Crippen LogP contribution in [0.5, 0.6) is 0 Å². The summed E-state index contributed by atoms with van der Waals surface area (Å²) in [4.78, 5) is 23.2. The Hall–Kier alpha value is -3.40. The predicted molar refractivity (Wildman–Crippen MR) is 117 cm³/mol. The monoisotopic (exact) mass is 426 g/mol. The molecule has 0 aliphatic carbocycles. The summed E-state index contributed by atoms with van der Waals surface area (Å²) in [7, 11) is 0. The Morgan fingerprint density at radius 2 is 2.00 bits per heavy atom. The largest absolute Gasteiger partial charge is 0.399 e. The van der Waals surface area contributed by atoms with E-state index in [4.69, 9.17) is 5.73 Å². The van der Waals surface area contributed by atoms with Gasteiger partial charge in [-0.25, -0.2) is 0 Å². The molecule has 0 spiro atoms. The number of hydrogen-bond donors (Lipinski definition) is 2. The van der Waals surface area contributed by atoms with Gasteiger partial charge in [-0.15, -0.1) is 10.2 Å². The first kappa shape index (κ1) is 21.3. The third-order valence-electron chi connectivity index (χ3n) is 4.41. The molecule has 30 heavy (non-hydrogen) atoms. The highest BCUT2D eigenvalue weighted by atomic mass is 32.2. The maximum Gasteiger partial charge on any atom is 0.271 e. The van der Waals surface area contributed by atoms with Gasteiger partial charge in [0.2, 0.25) is 5.91 Å². The quantitative estimate of drug-likeness (QED) is 0.241. The lowest BCUT2D eigenvalue weighted by molar-refractivity contribution is -0.384. The molecule has 0 saturated heterocycles. The fraction of sp³-hybridized carbons (Fsp3) is 0.250. The van der Waals surface area contributed by atoms with E-state index in [1.807, 2.05) is 36.6 Å². The minimum Gasteiger partial charge on any atom is -0.399 e. The first-order valence-corrected chi connectivity index (χ1v) is 10.3. The van der Waals surface area contributed by atoms with Crippen molar-refractivity contribution in [1.82, 2.24) is 14.8 Å². The highest BCUT2D eigenvalue weighted by Gasteiger charge is 2.23. The number of carbonyl (C=O) groups excluding carboxylic acids is 1. The summed E-state index contributed by atoms with van der Waals surface area (Å²) in [6.45, 7) is 4.51. The number of nitrogens with zero attached hydrogens (tertiary/aromatic N) is 4. The third kappa shape index (κ3) is 4.77. The lowest BCUT2D eigenvalue weighted by Crippen LogP contribution is -2.25. The summed E-state index contributed by atoms with van der Waals surface area (Å²) in [5, 5.41) is 22.4. The zero-order chi connectivity index (χ0) is 21.7. The summed E-state index contributed by atoms with van der Waals surface area (Å²) < 4.78 is 1.93. The van der Waals surface area contributed by atoms with Crippen LogP contribution in [-0.2, 0) is 11.3 Å². The standard InChI is InChI=1S/C20H22N6O3S/c1-3-17(19(27)22-15-9-6-10-16(12-15)26(28)29)30-20-24-23-18(25(20)4-2)13-7-5-8-14(21)11-13/h5-12,17H,3-4,21H2,1-2H3,(H,22,27). The topological polar surface area (TPSA) is 129 Å². The zero-order valence-electron chi connectivity index (χ0n) is 16.6. The molecular weight excluding hydrogens is 404 g/mol. The van der Waals surface area contributed by atoms with Gasteiger partial charge in [0.05, 0.1) is 10.2 Å². The van der Waals surface area contributed by atoms with Crippen molar-refractivity contribution in [2.24, 2.45) is 0 Å². The van der Waals surface area contributed by atoms with Crippen LogP contribution in [0.25, 0.3) is 11.4 Å². The van der Waals surface area contributed by atoms with Crippen molar-refractivity contribution in [2.75, 3.05) is 11.1 Å². The Morgan fingerprint density at radius 1 is 1.23 bits per heavy atom. The molecule has 3 N–H and O–H groups in total. The van der Waals surface area contributed by atoms with Crippen molar-refractivity contribution in [2.45, 2.75) is 37.2 Å². The normalized spacial score (nSPS) is 11.8. The van der Waals surface area contributed by atoms with Gasteiger partial charge in [0.25, 0.3) is 5.69 Å². The number of amides is 1. The second-order valence-electron chi connectivity index (χ2n) is 6.49. The molecule has 9 nitrogen and oxygen atoms in total. The molecule has 156 valence electrons. The van der Waals surface area contributed by atoms with E-state index in [2.05, 4.69) is 15.5 Å². The molecule has 0 aliphatic rings. The number of nitrogens with one attached hydrogen (secondary N) is 1. The van der Waals surface area contributed by atoms with E-state index in [-0.39, 0.29) is 11.6 Å². The smallest absolute Gasteiger partial charge is 0.271 e. The summed E-state index contributed by atoms with van der Waals surface area (Å²) in [5.41, 5.74) is 7.67. The summed E-state index contributed by atoms with van der Waals surface area (Å²) in [5.74, 6) is 0.431. The Kier molecular flexibility index (Phi) is 6.68. The first-order valence-electron chi connectivity index (χ1n) is 9.44. The summed E-state index contributed by atoms with van der Waals surface area (Å²) in [6.07, 6.45) is 0.551. The van der Waals surface area contributed by atoms with E-state index < -0.39 is 10.2 Å². The van der Waals surface area contributed by atoms with Gasteiger partial charge in [0.15, 0.2) is 11.0 Å². The molecule has 1 unspecified atom stereocenters. The molecule has 0 bridgehead atoms. The number of hydrogen-bond acceptors (Lipinski definition) is 7. The molecule has 3 aromatic rings. The summed E-state index contributed by atoms with van der Waals surface area (Å²) in [6, 6.07) is 13.3.